The normalized spacial score (nSPS) is 12.8. The van der Waals surface area contributed by atoms with Crippen LogP contribution in [0.1, 0.15) is 13.8 Å². The minimum atomic E-state index is -4.31. The van der Waals surface area contributed by atoms with E-state index in [0.29, 0.717) is 6.07 Å². The number of halogens is 3. The lowest BCUT2D eigenvalue weighted by Crippen LogP contribution is -2.48. The molecule has 0 spiro atoms. The molecule has 0 aliphatic carbocycles. The van der Waals surface area contributed by atoms with Gasteiger partial charge in [-0.3, -0.25) is 0 Å². The average molecular weight is 282 g/mol. The summed E-state index contributed by atoms with van der Waals surface area (Å²) in [5.41, 5.74) is 4.30. The Morgan fingerprint density at radius 2 is 1.67 bits per heavy atom. The highest BCUT2D eigenvalue weighted by molar-refractivity contribution is 7.89. The number of benzene rings is 1. The lowest BCUT2D eigenvalue weighted by atomic mass is 10.1. The van der Waals surface area contributed by atoms with Crippen LogP contribution < -0.4 is 10.5 Å². The first-order valence-corrected chi connectivity index (χ1v) is 6.46. The first kappa shape index (κ1) is 14.9. The van der Waals surface area contributed by atoms with Gasteiger partial charge in [-0.2, -0.15) is 0 Å². The first-order chi connectivity index (χ1) is 8.09. The van der Waals surface area contributed by atoms with E-state index in [4.69, 9.17) is 5.73 Å². The maximum atomic E-state index is 13.3. The van der Waals surface area contributed by atoms with Crippen molar-refractivity contribution in [3.63, 3.8) is 0 Å². The van der Waals surface area contributed by atoms with Crippen LogP contribution in [0.15, 0.2) is 17.0 Å². The van der Waals surface area contributed by atoms with E-state index < -0.39 is 37.9 Å². The summed E-state index contributed by atoms with van der Waals surface area (Å²) in [7, 11) is -4.31. The monoisotopic (exact) mass is 282 g/mol. The van der Waals surface area contributed by atoms with E-state index in [1.54, 1.807) is 0 Å². The van der Waals surface area contributed by atoms with Gasteiger partial charge in [0.15, 0.2) is 11.6 Å². The number of nitrogens with one attached hydrogen (secondary N) is 1. The van der Waals surface area contributed by atoms with Crippen molar-refractivity contribution >= 4 is 10.0 Å². The van der Waals surface area contributed by atoms with Gasteiger partial charge in [0.1, 0.15) is 10.7 Å². The van der Waals surface area contributed by atoms with Gasteiger partial charge >= 0.3 is 0 Å². The Morgan fingerprint density at radius 1 is 1.17 bits per heavy atom. The summed E-state index contributed by atoms with van der Waals surface area (Å²) in [4.78, 5) is -0.956. The Bertz CT molecular complexity index is 558. The molecule has 1 rings (SSSR count). The second kappa shape index (κ2) is 4.87. The second-order valence-corrected chi connectivity index (χ2v) is 6.04. The lowest BCUT2D eigenvalue weighted by Gasteiger charge is -2.23. The fourth-order valence-electron chi connectivity index (χ4n) is 1.17. The highest BCUT2D eigenvalue weighted by Gasteiger charge is 2.28. The summed E-state index contributed by atoms with van der Waals surface area (Å²) in [6.45, 7) is 2.90. The predicted octanol–water partition coefficient (Wildman–Crippen LogP) is 1.12. The third kappa shape index (κ3) is 3.21. The molecule has 18 heavy (non-hydrogen) atoms. The summed E-state index contributed by atoms with van der Waals surface area (Å²) in [6, 6.07) is 0.471. The summed E-state index contributed by atoms with van der Waals surface area (Å²) >= 11 is 0. The van der Waals surface area contributed by atoms with E-state index in [9.17, 15) is 21.6 Å². The zero-order chi connectivity index (χ0) is 14.1. The van der Waals surface area contributed by atoms with E-state index in [2.05, 4.69) is 4.72 Å². The number of nitrogens with two attached hydrogens (primary N) is 1. The molecule has 0 saturated heterocycles. The molecule has 0 aliphatic rings. The molecular formula is C10H13F3N2O2S. The van der Waals surface area contributed by atoms with Gasteiger partial charge in [0.2, 0.25) is 10.0 Å². The molecule has 0 bridgehead atoms. The number of sulfonamides is 1. The van der Waals surface area contributed by atoms with E-state index in [-0.39, 0.29) is 12.6 Å². The van der Waals surface area contributed by atoms with Crippen LogP contribution in [0.2, 0.25) is 0 Å². The lowest BCUT2D eigenvalue weighted by molar-refractivity contribution is 0.454. The van der Waals surface area contributed by atoms with Gasteiger partial charge in [0.25, 0.3) is 0 Å². The Balaban J connectivity index is 3.26. The van der Waals surface area contributed by atoms with Crippen LogP contribution in [0.5, 0.6) is 0 Å². The van der Waals surface area contributed by atoms with Crippen molar-refractivity contribution < 1.29 is 21.6 Å². The van der Waals surface area contributed by atoms with Crippen LogP contribution in [0.3, 0.4) is 0 Å². The SMILES string of the molecule is CC(C)(CN)NS(=O)(=O)c1cc(F)c(F)cc1F. The largest absolute Gasteiger partial charge is 0.329 e. The van der Waals surface area contributed by atoms with Crippen molar-refractivity contribution in [2.75, 3.05) is 6.54 Å². The number of hydrogen-bond donors (Lipinski definition) is 2. The van der Waals surface area contributed by atoms with Gasteiger partial charge in [-0.05, 0) is 19.9 Å². The molecule has 1 aromatic carbocycles. The molecule has 4 nitrogen and oxygen atoms in total. The first-order valence-electron chi connectivity index (χ1n) is 4.98. The number of rotatable bonds is 4. The summed E-state index contributed by atoms with van der Waals surface area (Å²) in [5.74, 6) is -4.26. The Kier molecular flexibility index (Phi) is 4.04. The van der Waals surface area contributed by atoms with E-state index in [1.807, 2.05) is 0 Å². The molecule has 8 heteroatoms. The van der Waals surface area contributed by atoms with Crippen molar-refractivity contribution in [1.29, 1.82) is 0 Å². The Hall–Kier alpha value is -1.12. The van der Waals surface area contributed by atoms with Crippen molar-refractivity contribution in [2.45, 2.75) is 24.3 Å². The highest BCUT2D eigenvalue weighted by atomic mass is 32.2. The van der Waals surface area contributed by atoms with Crippen LogP contribution in [0.4, 0.5) is 13.2 Å². The molecule has 0 radical (unpaired) electrons. The third-order valence-electron chi connectivity index (χ3n) is 2.19. The maximum Gasteiger partial charge on any atom is 0.244 e. The van der Waals surface area contributed by atoms with Gasteiger partial charge in [0, 0.05) is 18.2 Å². The summed E-state index contributed by atoms with van der Waals surface area (Å²) in [6.07, 6.45) is 0. The third-order valence-corrected chi connectivity index (χ3v) is 3.90. The van der Waals surface area contributed by atoms with Gasteiger partial charge in [-0.1, -0.05) is 0 Å². The maximum absolute atomic E-state index is 13.3. The molecule has 102 valence electrons. The van der Waals surface area contributed by atoms with Gasteiger partial charge in [0.05, 0.1) is 0 Å². The molecule has 0 atom stereocenters. The molecule has 0 amide bonds. The molecular weight excluding hydrogens is 269 g/mol. The van der Waals surface area contributed by atoms with Crippen molar-refractivity contribution in [3.8, 4) is 0 Å². The molecule has 0 saturated carbocycles. The Labute approximate surface area is 103 Å². The quantitative estimate of drug-likeness (QED) is 0.813. The highest BCUT2D eigenvalue weighted by Crippen LogP contribution is 2.19. The van der Waals surface area contributed by atoms with Gasteiger partial charge in [-0.15, -0.1) is 0 Å². The average Bonchev–Trinajstić information content (AvgIpc) is 2.21. The minimum Gasteiger partial charge on any atom is -0.329 e. The van der Waals surface area contributed by atoms with Crippen LogP contribution in [-0.4, -0.2) is 20.5 Å². The minimum absolute atomic E-state index is 0.0441. The zero-order valence-corrected chi connectivity index (χ0v) is 10.6. The van der Waals surface area contributed by atoms with Crippen molar-refractivity contribution in [2.24, 2.45) is 5.73 Å². The Morgan fingerprint density at radius 3 is 2.17 bits per heavy atom. The van der Waals surface area contributed by atoms with E-state index >= 15 is 0 Å². The summed E-state index contributed by atoms with van der Waals surface area (Å²) < 4.78 is 64.7. The number of hydrogen-bond acceptors (Lipinski definition) is 3. The van der Waals surface area contributed by atoms with Crippen LogP contribution in [0, 0.1) is 17.5 Å². The van der Waals surface area contributed by atoms with E-state index in [0.717, 1.165) is 0 Å². The molecule has 3 N–H and O–H groups in total. The molecule has 0 unspecified atom stereocenters. The van der Waals surface area contributed by atoms with Crippen LogP contribution >= 0.6 is 0 Å². The van der Waals surface area contributed by atoms with Gasteiger partial charge < -0.3 is 5.73 Å². The standard InChI is InChI=1S/C10H13F3N2O2S/c1-10(2,5-14)15-18(16,17)9-4-7(12)6(11)3-8(9)13/h3-4,15H,5,14H2,1-2H3. The molecule has 0 aliphatic heterocycles. The summed E-state index contributed by atoms with van der Waals surface area (Å²) in [5, 5.41) is 0. The van der Waals surface area contributed by atoms with Crippen LogP contribution in [-0.2, 0) is 10.0 Å². The zero-order valence-electron chi connectivity index (χ0n) is 9.80. The topological polar surface area (TPSA) is 72.2 Å². The fraction of sp³-hybridized carbons (Fsp3) is 0.400. The van der Waals surface area contributed by atoms with Gasteiger partial charge in [-0.25, -0.2) is 26.3 Å². The second-order valence-electron chi connectivity index (χ2n) is 4.39. The molecule has 0 heterocycles. The van der Waals surface area contributed by atoms with Crippen molar-refractivity contribution in [1.82, 2.24) is 4.72 Å². The smallest absolute Gasteiger partial charge is 0.244 e. The van der Waals surface area contributed by atoms with Crippen LogP contribution in [0.25, 0.3) is 0 Å². The fourth-order valence-corrected chi connectivity index (χ4v) is 2.67. The predicted molar refractivity (Wildman–Crippen MR) is 59.8 cm³/mol. The van der Waals surface area contributed by atoms with Crippen molar-refractivity contribution in [3.05, 3.63) is 29.6 Å². The molecule has 0 aromatic heterocycles. The molecule has 0 fully saturated rings. The van der Waals surface area contributed by atoms with E-state index in [1.165, 1.54) is 13.8 Å². The molecule has 1 aromatic rings.